The van der Waals surface area contributed by atoms with Crippen molar-refractivity contribution in [2.24, 2.45) is 0 Å². The minimum absolute atomic E-state index is 0.651. The van der Waals surface area contributed by atoms with Gasteiger partial charge in [0.15, 0.2) is 15.3 Å². The molecule has 0 aliphatic rings. The molecule has 4 aromatic rings. The van der Waals surface area contributed by atoms with E-state index in [4.69, 9.17) is 16.3 Å². The molecule has 3 heterocycles. The van der Waals surface area contributed by atoms with Gasteiger partial charge in [0.05, 0.1) is 16.9 Å². The average Bonchev–Trinajstić information content (AvgIpc) is 3.29. The van der Waals surface area contributed by atoms with Crippen LogP contribution in [0.1, 0.15) is 12.1 Å². The summed E-state index contributed by atoms with van der Waals surface area (Å²) in [5, 5.41) is 14.8. The van der Waals surface area contributed by atoms with Crippen molar-refractivity contribution in [3.8, 4) is 11.4 Å². The molecule has 0 atom stereocenters. The van der Waals surface area contributed by atoms with Crippen LogP contribution in [0.2, 0.25) is 5.02 Å². The van der Waals surface area contributed by atoms with Gasteiger partial charge in [0.25, 0.3) is 0 Å². The van der Waals surface area contributed by atoms with Gasteiger partial charge in [0, 0.05) is 25.8 Å². The van der Waals surface area contributed by atoms with Crippen molar-refractivity contribution in [1.82, 2.24) is 29.4 Å². The van der Waals surface area contributed by atoms with Gasteiger partial charge in [-0.15, -0.1) is 15.3 Å². The highest BCUT2D eigenvalue weighted by atomic mass is 35.5. The second kappa shape index (κ2) is 7.97. The van der Waals surface area contributed by atoms with Gasteiger partial charge < -0.3 is 9.30 Å². The molecule has 0 spiro atoms. The van der Waals surface area contributed by atoms with Gasteiger partial charge in [0.1, 0.15) is 0 Å². The number of halogens is 1. The van der Waals surface area contributed by atoms with Gasteiger partial charge in [-0.3, -0.25) is 0 Å². The molecule has 7 nitrogen and oxygen atoms in total. The second-order valence-corrected chi connectivity index (χ2v) is 8.44. The van der Waals surface area contributed by atoms with Crippen molar-refractivity contribution in [2.75, 3.05) is 13.7 Å². The Morgan fingerprint density at radius 2 is 2.11 bits per heavy atom. The van der Waals surface area contributed by atoms with Crippen molar-refractivity contribution in [2.45, 2.75) is 29.4 Å². The van der Waals surface area contributed by atoms with Crippen molar-refractivity contribution in [3.63, 3.8) is 0 Å². The van der Waals surface area contributed by atoms with E-state index in [1.165, 1.54) is 23.1 Å². The van der Waals surface area contributed by atoms with Gasteiger partial charge in [-0.2, -0.15) is 0 Å². The molecule has 0 N–H and O–H groups in total. The van der Waals surface area contributed by atoms with E-state index in [1.807, 2.05) is 37.4 Å². The Bertz CT molecular complexity index is 1040. The third-order valence-corrected chi connectivity index (χ3v) is 6.17. The average molecular weight is 421 g/mol. The van der Waals surface area contributed by atoms with Crippen molar-refractivity contribution >= 4 is 39.7 Å². The quantitative estimate of drug-likeness (QED) is 0.417. The Balaban J connectivity index is 1.68. The Morgan fingerprint density at radius 3 is 2.89 bits per heavy atom. The molecule has 3 aromatic heterocycles. The lowest BCUT2D eigenvalue weighted by Gasteiger charge is -2.10. The van der Waals surface area contributed by atoms with Crippen LogP contribution >= 0.6 is 34.7 Å². The zero-order chi connectivity index (χ0) is 18.8. The van der Waals surface area contributed by atoms with Crippen molar-refractivity contribution in [3.05, 3.63) is 41.2 Å². The topological polar surface area (TPSA) is 70.1 Å². The Hall–Kier alpha value is -1.94. The van der Waals surface area contributed by atoms with E-state index >= 15 is 0 Å². The number of hydrogen-bond donors (Lipinski definition) is 0. The van der Waals surface area contributed by atoms with E-state index in [1.54, 1.807) is 11.6 Å². The van der Waals surface area contributed by atoms with Crippen LogP contribution in [0.15, 0.2) is 40.0 Å². The number of ether oxygens (including phenoxy) is 1. The molecule has 4 rings (SSSR count). The molecule has 27 heavy (non-hydrogen) atoms. The SMILES string of the molecule is COCCCn1c(Sc2nn3cc(C)nc3s2)nnc1-c1ccccc1Cl. The maximum atomic E-state index is 6.38. The lowest BCUT2D eigenvalue weighted by molar-refractivity contribution is 0.189. The first-order valence-corrected chi connectivity index (χ1v) is 10.3. The predicted molar refractivity (Wildman–Crippen MR) is 107 cm³/mol. The number of aromatic nitrogens is 6. The van der Waals surface area contributed by atoms with Crippen LogP contribution in [0, 0.1) is 6.92 Å². The predicted octanol–water partition coefficient (Wildman–Crippen LogP) is 4.20. The van der Waals surface area contributed by atoms with Crippen LogP contribution in [0.4, 0.5) is 0 Å². The molecule has 0 aliphatic heterocycles. The summed E-state index contributed by atoms with van der Waals surface area (Å²) in [7, 11) is 1.70. The summed E-state index contributed by atoms with van der Waals surface area (Å²) in [6, 6.07) is 7.66. The summed E-state index contributed by atoms with van der Waals surface area (Å²) in [4.78, 5) is 5.32. The number of methoxy groups -OCH3 is 1. The summed E-state index contributed by atoms with van der Waals surface area (Å²) < 4.78 is 9.93. The van der Waals surface area contributed by atoms with E-state index in [2.05, 4.69) is 24.8 Å². The fraction of sp³-hybridized carbons (Fsp3) is 0.294. The summed E-state index contributed by atoms with van der Waals surface area (Å²) in [6.07, 6.45) is 2.76. The first kappa shape index (κ1) is 18.4. The number of nitrogens with zero attached hydrogens (tertiary/aromatic N) is 6. The third-order valence-electron chi connectivity index (χ3n) is 3.89. The fourth-order valence-electron chi connectivity index (χ4n) is 2.68. The Labute approximate surface area is 169 Å². The van der Waals surface area contributed by atoms with Crippen LogP contribution in [0.3, 0.4) is 0 Å². The summed E-state index contributed by atoms with van der Waals surface area (Å²) in [6.45, 7) is 3.34. The smallest absolute Gasteiger partial charge is 0.213 e. The first-order chi connectivity index (χ1) is 13.2. The molecule has 0 saturated carbocycles. The van der Waals surface area contributed by atoms with Crippen molar-refractivity contribution in [1.29, 1.82) is 0 Å². The summed E-state index contributed by atoms with van der Waals surface area (Å²) >= 11 is 9.39. The van der Waals surface area contributed by atoms with E-state index in [9.17, 15) is 0 Å². The van der Waals surface area contributed by atoms with E-state index < -0.39 is 0 Å². The van der Waals surface area contributed by atoms with Crippen molar-refractivity contribution < 1.29 is 4.74 Å². The summed E-state index contributed by atoms with van der Waals surface area (Å²) in [5.74, 6) is 0.747. The zero-order valence-corrected chi connectivity index (χ0v) is 17.2. The fourth-order valence-corrected chi connectivity index (χ4v) is 4.84. The maximum absolute atomic E-state index is 6.38. The molecule has 10 heteroatoms. The highest BCUT2D eigenvalue weighted by Gasteiger charge is 2.18. The standard InChI is InChI=1S/C17H17ClN6OS2/c1-11-10-24-15(19-11)26-17(22-24)27-16-21-20-14(23(16)8-5-9-25-2)12-6-3-4-7-13(12)18/h3-4,6-7,10H,5,8-9H2,1-2H3. The van der Waals surface area contributed by atoms with Crippen LogP contribution in [0.5, 0.6) is 0 Å². The van der Waals surface area contributed by atoms with E-state index in [-0.39, 0.29) is 0 Å². The first-order valence-electron chi connectivity index (χ1n) is 8.33. The highest BCUT2D eigenvalue weighted by molar-refractivity contribution is 8.01. The second-order valence-electron chi connectivity index (χ2n) is 5.86. The Morgan fingerprint density at radius 1 is 1.26 bits per heavy atom. The molecule has 0 saturated heterocycles. The van der Waals surface area contributed by atoms with Gasteiger partial charge in [-0.05, 0) is 37.2 Å². The molecule has 0 radical (unpaired) electrons. The molecular weight excluding hydrogens is 404 g/mol. The lowest BCUT2D eigenvalue weighted by Crippen LogP contribution is -2.05. The van der Waals surface area contributed by atoms with Crippen LogP contribution in [-0.4, -0.2) is 43.1 Å². The molecule has 0 fully saturated rings. The number of imidazole rings is 1. The largest absolute Gasteiger partial charge is 0.385 e. The van der Waals surface area contributed by atoms with E-state index in [0.29, 0.717) is 11.6 Å². The van der Waals surface area contributed by atoms with E-state index in [0.717, 1.165) is 44.5 Å². The number of rotatable bonds is 7. The normalized spacial score (nSPS) is 11.5. The third kappa shape index (κ3) is 3.86. The zero-order valence-electron chi connectivity index (χ0n) is 14.8. The highest BCUT2D eigenvalue weighted by Crippen LogP contribution is 2.34. The Kier molecular flexibility index (Phi) is 5.44. The lowest BCUT2D eigenvalue weighted by atomic mass is 10.2. The minimum atomic E-state index is 0.651. The van der Waals surface area contributed by atoms with Crippen LogP contribution in [-0.2, 0) is 11.3 Å². The maximum Gasteiger partial charge on any atom is 0.213 e. The molecule has 0 aliphatic carbocycles. The molecule has 0 unspecified atom stereocenters. The monoisotopic (exact) mass is 420 g/mol. The van der Waals surface area contributed by atoms with Gasteiger partial charge in [0.2, 0.25) is 4.96 Å². The van der Waals surface area contributed by atoms with Gasteiger partial charge in [-0.25, -0.2) is 9.50 Å². The minimum Gasteiger partial charge on any atom is -0.385 e. The molecule has 1 aromatic carbocycles. The van der Waals surface area contributed by atoms with Gasteiger partial charge in [-0.1, -0.05) is 35.1 Å². The van der Waals surface area contributed by atoms with Crippen LogP contribution < -0.4 is 0 Å². The number of benzene rings is 1. The summed E-state index contributed by atoms with van der Waals surface area (Å²) in [5.41, 5.74) is 1.81. The molecule has 140 valence electrons. The number of fused-ring (bicyclic) bond motifs is 1. The van der Waals surface area contributed by atoms with Crippen LogP contribution in [0.25, 0.3) is 16.3 Å². The molecule has 0 bridgehead atoms. The number of aryl methyl sites for hydroxylation is 1. The molecule has 0 amide bonds. The number of hydrogen-bond acceptors (Lipinski definition) is 7. The molecular formula is C17H17ClN6OS2. The van der Waals surface area contributed by atoms with Gasteiger partial charge >= 0.3 is 0 Å².